The van der Waals surface area contributed by atoms with E-state index < -0.39 is 61.3 Å². The van der Waals surface area contributed by atoms with Gasteiger partial charge in [-0.15, -0.1) is 0 Å². The van der Waals surface area contributed by atoms with Gasteiger partial charge >= 0.3 is 17.9 Å². The van der Waals surface area contributed by atoms with E-state index in [4.69, 9.17) is 18.9 Å². The molecule has 6 atom stereocenters. The van der Waals surface area contributed by atoms with Crippen LogP contribution in [0.1, 0.15) is 142 Å². The number of aliphatic carboxylic acids is 1. The zero-order valence-electron chi connectivity index (χ0n) is 35.2. The van der Waals surface area contributed by atoms with Gasteiger partial charge in [-0.25, -0.2) is 4.79 Å². The molecule has 1 aliphatic heterocycles. The number of allylic oxidation sites excluding steroid dienone is 13. The van der Waals surface area contributed by atoms with E-state index in [2.05, 4.69) is 74.6 Å². The van der Waals surface area contributed by atoms with Gasteiger partial charge in [0.15, 0.2) is 18.5 Å². The first-order valence-corrected chi connectivity index (χ1v) is 21.6. The first-order chi connectivity index (χ1) is 28.2. The van der Waals surface area contributed by atoms with Crippen LogP contribution >= 0.6 is 0 Å². The van der Waals surface area contributed by atoms with Crippen LogP contribution in [-0.2, 0) is 33.3 Å². The van der Waals surface area contributed by atoms with Gasteiger partial charge in [0.05, 0.1) is 13.0 Å². The summed E-state index contributed by atoms with van der Waals surface area (Å²) in [5, 5.41) is 39.8. The third kappa shape index (κ3) is 27.9. The maximum absolute atomic E-state index is 12.8. The number of aliphatic hydroxyl groups is 3. The highest BCUT2D eigenvalue weighted by Gasteiger charge is 2.47. The number of aliphatic hydroxyl groups excluding tert-OH is 3. The SMILES string of the molecule is CC/C=C\C/C=C\C/C=C\C/C=C\C/C=C\CC(=O)OCC(COC1OC(C(=O)O)C(O)C(O)C1O)OC(=O)CCCCCCCCC/C=C\C/C=C\CCCCC. The lowest BCUT2D eigenvalue weighted by Gasteiger charge is -2.38. The minimum atomic E-state index is -1.88. The van der Waals surface area contributed by atoms with E-state index in [9.17, 15) is 34.8 Å². The summed E-state index contributed by atoms with van der Waals surface area (Å²) in [6, 6.07) is 0. The number of carboxylic acid groups (broad SMARTS) is 1. The number of carbonyl (C=O) groups is 3. The van der Waals surface area contributed by atoms with Gasteiger partial charge in [-0.3, -0.25) is 9.59 Å². The molecular formula is C47H74O11. The number of hydrogen-bond acceptors (Lipinski definition) is 10. The van der Waals surface area contributed by atoms with Crippen LogP contribution in [0.3, 0.4) is 0 Å². The molecule has 0 radical (unpaired) electrons. The Morgan fingerprint density at radius 2 is 1.07 bits per heavy atom. The molecule has 0 aromatic rings. The van der Waals surface area contributed by atoms with E-state index in [1.807, 2.05) is 18.2 Å². The molecule has 0 amide bonds. The summed E-state index contributed by atoms with van der Waals surface area (Å²) in [6.07, 6.45) is 38.0. The van der Waals surface area contributed by atoms with Crippen molar-refractivity contribution in [2.75, 3.05) is 13.2 Å². The molecule has 58 heavy (non-hydrogen) atoms. The zero-order chi connectivity index (χ0) is 42.5. The van der Waals surface area contributed by atoms with Crippen LogP contribution in [0.4, 0.5) is 0 Å². The second kappa shape index (κ2) is 36.5. The second-order valence-electron chi connectivity index (χ2n) is 14.5. The number of esters is 2. The van der Waals surface area contributed by atoms with Gasteiger partial charge in [-0.2, -0.15) is 0 Å². The average molecular weight is 815 g/mol. The molecule has 0 saturated carbocycles. The van der Waals surface area contributed by atoms with Crippen molar-refractivity contribution in [1.29, 1.82) is 0 Å². The van der Waals surface area contributed by atoms with E-state index >= 15 is 0 Å². The molecule has 1 saturated heterocycles. The van der Waals surface area contributed by atoms with Gasteiger partial charge in [-0.05, 0) is 70.6 Å². The van der Waals surface area contributed by atoms with Gasteiger partial charge in [0.25, 0.3) is 0 Å². The van der Waals surface area contributed by atoms with Crippen molar-refractivity contribution >= 4 is 17.9 Å². The molecule has 11 nitrogen and oxygen atoms in total. The highest BCUT2D eigenvalue weighted by molar-refractivity contribution is 5.73. The second-order valence-corrected chi connectivity index (χ2v) is 14.5. The molecule has 1 aliphatic rings. The van der Waals surface area contributed by atoms with Crippen LogP contribution in [0.15, 0.2) is 85.1 Å². The number of rotatable bonds is 34. The zero-order valence-corrected chi connectivity index (χ0v) is 35.2. The van der Waals surface area contributed by atoms with Gasteiger partial charge in [0, 0.05) is 6.42 Å². The first kappa shape index (κ1) is 52.4. The topological polar surface area (TPSA) is 169 Å². The summed E-state index contributed by atoms with van der Waals surface area (Å²) in [5.74, 6) is -2.63. The summed E-state index contributed by atoms with van der Waals surface area (Å²) in [6.45, 7) is 3.56. The van der Waals surface area contributed by atoms with Gasteiger partial charge in [0.2, 0.25) is 0 Å². The van der Waals surface area contributed by atoms with Crippen molar-refractivity contribution < 1.29 is 53.8 Å². The summed E-state index contributed by atoms with van der Waals surface area (Å²) in [7, 11) is 0. The lowest BCUT2D eigenvalue weighted by atomic mass is 9.99. The van der Waals surface area contributed by atoms with Crippen molar-refractivity contribution in [2.45, 2.75) is 179 Å². The maximum atomic E-state index is 12.8. The van der Waals surface area contributed by atoms with Crippen LogP contribution in [0.2, 0.25) is 0 Å². The minimum Gasteiger partial charge on any atom is -0.479 e. The van der Waals surface area contributed by atoms with E-state index in [1.54, 1.807) is 6.08 Å². The molecule has 1 heterocycles. The van der Waals surface area contributed by atoms with Crippen molar-refractivity contribution in [2.24, 2.45) is 0 Å². The van der Waals surface area contributed by atoms with Crippen LogP contribution in [0, 0.1) is 0 Å². The normalized spacial score (nSPS) is 20.9. The van der Waals surface area contributed by atoms with Crippen molar-refractivity contribution in [1.82, 2.24) is 0 Å². The molecular weight excluding hydrogens is 741 g/mol. The minimum absolute atomic E-state index is 0.00256. The standard InChI is InChI=1S/C47H74O11/c1-3-5-7-9-11-13-15-17-19-20-22-24-26-28-30-32-34-36-41(49)57-39(38-56-47-44(52)42(50)43(51)45(58-47)46(53)54)37-55-40(48)35-33-31-29-27-25-23-21-18-16-14-12-10-8-6-4-2/h6,8,11-14,17-19,21,25,27,31,33,39,42-45,47,50-52H,3-5,7,9-10,15-16,20,22-24,26,28-30,32,34-38H2,1-2H3,(H,53,54)/b8-6-,13-11-,14-12-,19-17-,21-18-,27-25-,33-31-. The Kier molecular flexibility index (Phi) is 33.0. The predicted octanol–water partition coefficient (Wildman–Crippen LogP) is 9.09. The van der Waals surface area contributed by atoms with E-state index in [0.717, 1.165) is 64.2 Å². The van der Waals surface area contributed by atoms with Crippen LogP contribution in [0.5, 0.6) is 0 Å². The largest absolute Gasteiger partial charge is 0.479 e. The summed E-state index contributed by atoms with van der Waals surface area (Å²) in [5.41, 5.74) is 0. The molecule has 11 heteroatoms. The highest BCUT2D eigenvalue weighted by Crippen LogP contribution is 2.23. The Labute approximate surface area is 348 Å². The molecule has 1 rings (SSSR count). The molecule has 0 bridgehead atoms. The molecule has 6 unspecified atom stereocenters. The number of unbranched alkanes of at least 4 members (excludes halogenated alkanes) is 10. The van der Waals surface area contributed by atoms with Crippen molar-refractivity contribution in [3.63, 3.8) is 0 Å². The Balaban J connectivity index is 2.46. The fourth-order valence-electron chi connectivity index (χ4n) is 5.86. The van der Waals surface area contributed by atoms with E-state index in [0.29, 0.717) is 12.8 Å². The molecule has 1 fully saturated rings. The summed E-state index contributed by atoms with van der Waals surface area (Å²) < 4.78 is 21.6. The Morgan fingerprint density at radius 1 is 0.569 bits per heavy atom. The van der Waals surface area contributed by atoms with Gasteiger partial charge in [-0.1, -0.05) is 144 Å². The number of hydrogen-bond donors (Lipinski definition) is 4. The van der Waals surface area contributed by atoms with E-state index in [-0.39, 0.29) is 19.4 Å². The Bertz CT molecular complexity index is 1280. The van der Waals surface area contributed by atoms with Gasteiger partial charge in [0.1, 0.15) is 24.9 Å². The summed E-state index contributed by atoms with van der Waals surface area (Å²) >= 11 is 0. The molecule has 0 spiro atoms. The first-order valence-electron chi connectivity index (χ1n) is 21.6. The monoisotopic (exact) mass is 815 g/mol. The van der Waals surface area contributed by atoms with Crippen LogP contribution in [-0.4, -0.2) is 88.4 Å². The fraction of sp³-hybridized carbons (Fsp3) is 0.638. The third-order valence-corrected chi connectivity index (χ3v) is 9.26. The molecule has 0 aromatic heterocycles. The summed E-state index contributed by atoms with van der Waals surface area (Å²) in [4.78, 5) is 36.7. The lowest BCUT2D eigenvalue weighted by Crippen LogP contribution is -2.60. The Hall–Kier alpha value is -3.61. The molecule has 4 N–H and O–H groups in total. The van der Waals surface area contributed by atoms with Crippen molar-refractivity contribution in [3.8, 4) is 0 Å². The van der Waals surface area contributed by atoms with Crippen LogP contribution in [0.25, 0.3) is 0 Å². The fourth-order valence-corrected chi connectivity index (χ4v) is 5.86. The van der Waals surface area contributed by atoms with Gasteiger partial charge < -0.3 is 39.4 Å². The third-order valence-electron chi connectivity index (χ3n) is 9.26. The number of carbonyl (C=O) groups excluding carboxylic acids is 2. The Morgan fingerprint density at radius 3 is 1.62 bits per heavy atom. The molecule has 0 aromatic carbocycles. The quantitative estimate of drug-likeness (QED) is 0.0278. The highest BCUT2D eigenvalue weighted by atomic mass is 16.7. The molecule has 0 aliphatic carbocycles. The van der Waals surface area contributed by atoms with E-state index in [1.165, 1.54) is 38.5 Å². The van der Waals surface area contributed by atoms with Crippen LogP contribution < -0.4 is 0 Å². The number of ether oxygens (including phenoxy) is 4. The molecule has 328 valence electrons. The smallest absolute Gasteiger partial charge is 0.335 e. The average Bonchev–Trinajstić information content (AvgIpc) is 3.21. The lowest BCUT2D eigenvalue weighted by molar-refractivity contribution is -0.298. The maximum Gasteiger partial charge on any atom is 0.335 e. The van der Waals surface area contributed by atoms with Crippen molar-refractivity contribution in [3.05, 3.63) is 85.1 Å². The number of carboxylic acids is 1. The predicted molar refractivity (Wildman–Crippen MR) is 229 cm³/mol.